The van der Waals surface area contributed by atoms with Gasteiger partial charge in [-0.05, 0) is 58.1 Å². The molecule has 0 spiro atoms. The normalized spacial score (nSPS) is 17.6. The number of benzene rings is 1. The Morgan fingerprint density at radius 3 is 2.50 bits per heavy atom. The van der Waals surface area contributed by atoms with Gasteiger partial charge in [-0.15, -0.1) is 11.3 Å². The van der Waals surface area contributed by atoms with E-state index in [2.05, 4.69) is 25.6 Å². The Morgan fingerprint density at radius 2 is 1.88 bits per heavy atom. The highest BCUT2D eigenvalue weighted by Gasteiger charge is 2.32. The van der Waals surface area contributed by atoms with E-state index in [0.29, 0.717) is 24.3 Å². The first kappa shape index (κ1) is 28.6. The van der Waals surface area contributed by atoms with Gasteiger partial charge in [-0.25, -0.2) is 32.2 Å². The van der Waals surface area contributed by atoms with Crippen molar-refractivity contribution >= 4 is 55.4 Å². The molecule has 1 amide bonds. The summed E-state index contributed by atoms with van der Waals surface area (Å²) in [5, 5.41) is 6.76. The number of hydrogen-bond acceptors (Lipinski definition) is 9. The lowest BCUT2D eigenvalue weighted by Gasteiger charge is -2.25. The first-order valence-corrected chi connectivity index (χ1v) is 16.4. The maximum atomic E-state index is 14.3. The van der Waals surface area contributed by atoms with E-state index in [1.165, 1.54) is 22.0 Å². The fourth-order valence-electron chi connectivity index (χ4n) is 5.20. The highest BCUT2D eigenvalue weighted by atomic mass is 32.2. The van der Waals surface area contributed by atoms with Crippen LogP contribution in [-0.2, 0) is 19.4 Å². The zero-order chi connectivity index (χ0) is 29.8. The molecular weight excluding hydrogens is 586 g/mol. The average molecular weight is 617 g/mol. The molecule has 42 heavy (non-hydrogen) atoms. The quantitative estimate of drug-likeness (QED) is 0.236. The fraction of sp³-hybridized carbons (Fsp3) is 0.429. The van der Waals surface area contributed by atoms with Crippen LogP contribution in [-0.4, -0.2) is 46.7 Å². The Balaban J connectivity index is 1.50. The largest absolute Gasteiger partial charge is 0.358 e. The molecule has 0 radical (unpaired) electrons. The number of imidazole rings is 1. The van der Waals surface area contributed by atoms with Gasteiger partial charge < -0.3 is 15.4 Å². The van der Waals surface area contributed by atoms with E-state index < -0.39 is 28.3 Å². The van der Waals surface area contributed by atoms with Crippen LogP contribution in [0.15, 0.2) is 29.2 Å². The number of nitrogens with zero attached hydrogens (tertiary/aromatic N) is 4. The smallest absolute Gasteiger partial charge is 0.295 e. The third kappa shape index (κ3) is 5.62. The summed E-state index contributed by atoms with van der Waals surface area (Å²) in [5.74, 6) is -0.696. The van der Waals surface area contributed by atoms with E-state index in [9.17, 15) is 22.0 Å². The molecule has 4 aromatic rings. The van der Waals surface area contributed by atoms with Gasteiger partial charge in [0.25, 0.3) is 6.43 Å². The number of anilines is 3. The van der Waals surface area contributed by atoms with Gasteiger partial charge in [0.1, 0.15) is 17.6 Å². The van der Waals surface area contributed by atoms with Gasteiger partial charge in [-0.2, -0.15) is 0 Å². The number of hydrogen-bond donors (Lipinski definition) is 2. The number of carbonyl (C=O) groups is 1. The summed E-state index contributed by atoms with van der Waals surface area (Å²) in [6.07, 6.45) is 1.14. The van der Waals surface area contributed by atoms with Gasteiger partial charge in [0.15, 0.2) is 21.3 Å². The minimum absolute atomic E-state index is 0.00251. The second-order valence-corrected chi connectivity index (χ2v) is 14.1. The number of pyridine rings is 1. The van der Waals surface area contributed by atoms with Crippen molar-refractivity contribution in [1.82, 2.24) is 19.5 Å². The number of thiazole rings is 1. The Labute approximate surface area is 245 Å². The highest BCUT2D eigenvalue weighted by Crippen LogP contribution is 2.39. The monoisotopic (exact) mass is 616 g/mol. The molecule has 0 bridgehead atoms. The highest BCUT2D eigenvalue weighted by molar-refractivity contribution is 7.90. The van der Waals surface area contributed by atoms with Crippen LogP contribution < -0.4 is 10.6 Å². The second kappa shape index (κ2) is 11.0. The number of alkyl halides is 2. The van der Waals surface area contributed by atoms with Crippen molar-refractivity contribution < 1.29 is 26.7 Å². The number of aryl methyl sites for hydroxylation is 2. The van der Waals surface area contributed by atoms with E-state index in [1.54, 1.807) is 18.2 Å². The molecule has 6 rings (SSSR count). The lowest BCUT2D eigenvalue weighted by atomic mass is 10.1. The number of halogens is 2. The number of amides is 1. The van der Waals surface area contributed by atoms with Crippen molar-refractivity contribution in [1.29, 1.82) is 0 Å². The first-order chi connectivity index (χ1) is 20.0. The lowest BCUT2D eigenvalue weighted by Crippen LogP contribution is -2.21. The molecule has 1 atom stereocenters. The zero-order valence-corrected chi connectivity index (χ0v) is 24.9. The Kier molecular flexibility index (Phi) is 7.48. The average Bonchev–Trinajstić information content (AvgIpc) is 3.64. The van der Waals surface area contributed by atoms with Crippen molar-refractivity contribution in [2.24, 2.45) is 5.92 Å². The standard InChI is InChI=1S/C28H30F2N6O4S2/c1-14-23(31-15(2)41-14)17-9-10-18(20(12-17)42(3,38)39)32-19-13-21(34-28(37)16-7-8-16)33-26-24(19)35-27(25(29)30)36(26)22-6-4-5-11-40-22/h9-10,12-13,16,22,25H,4-8,11H2,1-3H3,(H2,32,33,34,37). The molecular formula is C28H30F2N6O4S2. The van der Waals surface area contributed by atoms with E-state index in [0.717, 1.165) is 41.8 Å². The third-order valence-electron chi connectivity index (χ3n) is 7.34. The minimum Gasteiger partial charge on any atom is -0.358 e. The molecule has 2 fully saturated rings. The van der Waals surface area contributed by atoms with Crippen molar-refractivity contribution in [3.05, 3.63) is 40.0 Å². The molecule has 1 unspecified atom stereocenters. The third-order valence-corrected chi connectivity index (χ3v) is 9.36. The zero-order valence-electron chi connectivity index (χ0n) is 23.3. The topological polar surface area (TPSA) is 128 Å². The van der Waals surface area contributed by atoms with Crippen LogP contribution in [0.2, 0.25) is 0 Å². The van der Waals surface area contributed by atoms with Crippen LogP contribution in [0.5, 0.6) is 0 Å². The molecule has 4 heterocycles. The number of aromatic nitrogens is 4. The first-order valence-electron chi connectivity index (χ1n) is 13.7. The summed E-state index contributed by atoms with van der Waals surface area (Å²) in [6, 6.07) is 6.41. The summed E-state index contributed by atoms with van der Waals surface area (Å²) < 4.78 is 61.7. The molecule has 1 saturated heterocycles. The van der Waals surface area contributed by atoms with Crippen LogP contribution in [0.1, 0.15) is 60.5 Å². The number of rotatable bonds is 8. The summed E-state index contributed by atoms with van der Waals surface area (Å²) in [6.45, 7) is 4.22. The molecule has 1 aromatic carbocycles. The molecule has 2 aliphatic rings. The van der Waals surface area contributed by atoms with Gasteiger partial charge in [0, 0.05) is 35.3 Å². The van der Waals surface area contributed by atoms with E-state index >= 15 is 0 Å². The molecule has 3 aromatic heterocycles. The summed E-state index contributed by atoms with van der Waals surface area (Å²) in [4.78, 5) is 26.9. The Bertz CT molecular complexity index is 1790. The SMILES string of the molecule is Cc1nc(-c2ccc(Nc3cc(NC(=O)C4CC4)nc4c3nc(C(F)F)n4C3CCCCO3)c(S(C)(=O)=O)c2)c(C)s1. The molecule has 1 saturated carbocycles. The van der Waals surface area contributed by atoms with Crippen LogP contribution in [0.25, 0.3) is 22.4 Å². The molecule has 14 heteroatoms. The molecule has 1 aliphatic carbocycles. The number of fused-ring (bicyclic) bond motifs is 1. The Morgan fingerprint density at radius 1 is 1.10 bits per heavy atom. The van der Waals surface area contributed by atoms with Gasteiger partial charge in [0.05, 0.1) is 27.0 Å². The summed E-state index contributed by atoms with van der Waals surface area (Å²) in [5.41, 5.74) is 2.00. The Hall–Kier alpha value is -3.49. The van der Waals surface area contributed by atoms with Gasteiger partial charge in [0.2, 0.25) is 5.91 Å². The van der Waals surface area contributed by atoms with Gasteiger partial charge in [-0.1, -0.05) is 6.07 Å². The minimum atomic E-state index is -3.75. The maximum Gasteiger partial charge on any atom is 0.295 e. The van der Waals surface area contributed by atoms with Crippen LogP contribution in [0, 0.1) is 19.8 Å². The van der Waals surface area contributed by atoms with Crippen LogP contribution in [0.3, 0.4) is 0 Å². The number of nitrogens with one attached hydrogen (secondary N) is 2. The predicted molar refractivity (Wildman–Crippen MR) is 156 cm³/mol. The number of ether oxygens (including phenoxy) is 1. The number of carbonyl (C=O) groups excluding carboxylic acids is 1. The van der Waals surface area contributed by atoms with Gasteiger partial charge >= 0.3 is 0 Å². The van der Waals surface area contributed by atoms with Crippen molar-refractivity contribution in [3.63, 3.8) is 0 Å². The lowest BCUT2D eigenvalue weighted by molar-refractivity contribution is -0.117. The second-order valence-electron chi connectivity index (χ2n) is 10.7. The number of sulfone groups is 1. The molecule has 222 valence electrons. The fourth-order valence-corrected chi connectivity index (χ4v) is 6.90. The van der Waals surface area contributed by atoms with Crippen LogP contribution in [0.4, 0.5) is 26.0 Å². The van der Waals surface area contributed by atoms with Crippen molar-refractivity contribution in [3.8, 4) is 11.3 Å². The summed E-state index contributed by atoms with van der Waals surface area (Å²) >= 11 is 1.52. The van der Waals surface area contributed by atoms with Crippen molar-refractivity contribution in [2.45, 2.75) is 63.5 Å². The van der Waals surface area contributed by atoms with Crippen LogP contribution >= 0.6 is 11.3 Å². The van der Waals surface area contributed by atoms with E-state index in [4.69, 9.17) is 4.74 Å². The summed E-state index contributed by atoms with van der Waals surface area (Å²) in [7, 11) is -3.75. The predicted octanol–water partition coefficient (Wildman–Crippen LogP) is 6.30. The van der Waals surface area contributed by atoms with Gasteiger partial charge in [-0.3, -0.25) is 9.36 Å². The van der Waals surface area contributed by atoms with E-state index in [-0.39, 0.29) is 45.1 Å². The maximum absolute atomic E-state index is 14.3. The van der Waals surface area contributed by atoms with Crippen molar-refractivity contribution in [2.75, 3.05) is 23.5 Å². The molecule has 1 aliphatic heterocycles. The molecule has 10 nitrogen and oxygen atoms in total. The molecule has 2 N–H and O–H groups in total. The van der Waals surface area contributed by atoms with E-state index in [1.807, 2.05) is 13.8 Å².